The fourth-order valence-corrected chi connectivity index (χ4v) is 9.24. The van der Waals surface area contributed by atoms with Crippen molar-refractivity contribution in [3.8, 4) is 11.5 Å². The number of ketones is 2. The number of ether oxygens (including phenoxy) is 3. The Kier molecular flexibility index (Phi) is 7.60. The Hall–Kier alpha value is -3.71. The highest BCUT2D eigenvalue weighted by Gasteiger charge is 2.75. The second-order valence-corrected chi connectivity index (χ2v) is 13.9. The van der Waals surface area contributed by atoms with Crippen molar-refractivity contribution in [3.05, 3.63) is 77.9 Å². The summed E-state index contributed by atoms with van der Waals surface area (Å²) >= 11 is 0. The van der Waals surface area contributed by atoms with E-state index in [2.05, 4.69) is 13.5 Å². The molecule has 0 amide bonds. The predicted octanol–water partition coefficient (Wildman–Crippen LogP) is 6.13. The van der Waals surface area contributed by atoms with Crippen molar-refractivity contribution < 1.29 is 33.7 Å². The number of carbonyl (C=O) groups excluding carboxylic acids is 3. The molecular weight excluding hydrogens is 556 g/mol. The van der Waals surface area contributed by atoms with Gasteiger partial charge in [-0.1, -0.05) is 63.7 Å². The molecule has 2 aromatic rings. The van der Waals surface area contributed by atoms with E-state index >= 15 is 0 Å². The van der Waals surface area contributed by atoms with Crippen LogP contribution in [-0.4, -0.2) is 42.0 Å². The molecule has 0 aromatic heterocycles. The largest absolute Gasteiger partial charge is 0.493 e. The summed E-state index contributed by atoms with van der Waals surface area (Å²) in [5, 5.41) is 11.7. The van der Waals surface area contributed by atoms with Crippen LogP contribution in [0.4, 0.5) is 0 Å². The van der Waals surface area contributed by atoms with Crippen LogP contribution in [0.5, 0.6) is 11.5 Å². The van der Waals surface area contributed by atoms with Crippen LogP contribution in [0.3, 0.4) is 0 Å². The molecule has 4 saturated carbocycles. The van der Waals surface area contributed by atoms with Crippen molar-refractivity contribution in [3.63, 3.8) is 0 Å². The number of rotatable bonds is 7. The Morgan fingerprint density at radius 3 is 2.52 bits per heavy atom. The summed E-state index contributed by atoms with van der Waals surface area (Å²) in [4.78, 5) is 40.6. The standard InChI is InChI=1S/C37H42O7/c1-22-25-13-15-28-36(4)18-17-30(38)35(2,3)29(36)20-31(37(28,33(22)40)34(25)41)44-32(39)16-12-23-11-14-26(27(19-23)42-5)43-21-24-9-7-6-8-10-24/h6-12,14,16,19,25,28-29,31,34,41H,1,13,15,17-18,20-21H2,2-5H3/b16-12+/t25-,28-,29+,31+,34+,36-,37?/m0/s1. The Bertz CT molecular complexity index is 1520. The SMILES string of the molecule is C=C1C(=O)C23[C@H](O)[C@H]1CC[C@H]2[C@]1(C)CCC(=O)C(C)(C)[C@H]1C[C@H]3OC(=O)/C=C/c1ccc(OCc2ccccc2)c(OC)c1. The van der Waals surface area contributed by atoms with Crippen LogP contribution in [0.1, 0.15) is 64.0 Å². The molecule has 6 rings (SSSR count). The zero-order valence-electron chi connectivity index (χ0n) is 26.0. The van der Waals surface area contributed by atoms with E-state index in [1.807, 2.05) is 50.2 Å². The minimum absolute atomic E-state index is 0.0910. The van der Waals surface area contributed by atoms with Gasteiger partial charge in [0.25, 0.3) is 0 Å². The van der Waals surface area contributed by atoms with E-state index in [9.17, 15) is 19.5 Å². The smallest absolute Gasteiger partial charge is 0.331 e. The van der Waals surface area contributed by atoms with Crippen LogP contribution in [0, 0.1) is 34.0 Å². The summed E-state index contributed by atoms with van der Waals surface area (Å²) in [7, 11) is 1.56. The molecule has 0 aliphatic heterocycles. The molecule has 4 fully saturated rings. The van der Waals surface area contributed by atoms with Crippen LogP contribution in [0.15, 0.2) is 66.8 Å². The highest BCUT2D eigenvalue weighted by molar-refractivity contribution is 6.05. The normalized spacial score (nSPS) is 33.9. The molecule has 1 spiro atoms. The first kappa shape index (κ1) is 30.3. The molecule has 232 valence electrons. The van der Waals surface area contributed by atoms with Crippen molar-refractivity contribution >= 4 is 23.6 Å². The summed E-state index contributed by atoms with van der Waals surface area (Å²) in [5.74, 6) is -0.108. The molecule has 7 atom stereocenters. The van der Waals surface area contributed by atoms with Crippen LogP contribution in [-0.2, 0) is 25.7 Å². The minimum atomic E-state index is -1.24. The average molecular weight is 599 g/mol. The highest BCUT2D eigenvalue weighted by atomic mass is 16.5. The number of carbonyl (C=O) groups is 3. The second kappa shape index (κ2) is 11.0. The number of hydrogen-bond donors (Lipinski definition) is 1. The van der Waals surface area contributed by atoms with Crippen molar-refractivity contribution in [1.82, 2.24) is 0 Å². The zero-order valence-corrected chi connectivity index (χ0v) is 26.0. The van der Waals surface area contributed by atoms with Gasteiger partial charge >= 0.3 is 5.97 Å². The van der Waals surface area contributed by atoms with Gasteiger partial charge in [0, 0.05) is 23.8 Å². The second-order valence-electron chi connectivity index (χ2n) is 13.9. The molecule has 0 radical (unpaired) electrons. The van der Waals surface area contributed by atoms with Gasteiger partial charge < -0.3 is 19.3 Å². The van der Waals surface area contributed by atoms with Gasteiger partial charge in [0.15, 0.2) is 17.3 Å². The molecule has 4 aliphatic rings. The molecule has 1 N–H and O–H groups in total. The van der Waals surface area contributed by atoms with Gasteiger partial charge in [-0.3, -0.25) is 9.59 Å². The maximum Gasteiger partial charge on any atom is 0.331 e. The fraction of sp³-hybridized carbons (Fsp3) is 0.486. The third kappa shape index (κ3) is 4.54. The number of benzene rings is 2. The molecule has 44 heavy (non-hydrogen) atoms. The van der Waals surface area contributed by atoms with Crippen LogP contribution in [0.25, 0.3) is 6.08 Å². The van der Waals surface area contributed by atoms with Gasteiger partial charge in [-0.15, -0.1) is 0 Å². The summed E-state index contributed by atoms with van der Waals surface area (Å²) < 4.78 is 17.7. The van der Waals surface area contributed by atoms with E-state index in [1.54, 1.807) is 25.3 Å². The van der Waals surface area contributed by atoms with Crippen LogP contribution in [0.2, 0.25) is 0 Å². The number of esters is 1. The van der Waals surface area contributed by atoms with Crippen molar-refractivity contribution in [1.29, 1.82) is 0 Å². The van der Waals surface area contributed by atoms with Gasteiger partial charge in [0.05, 0.1) is 18.6 Å². The lowest BCUT2D eigenvalue weighted by Gasteiger charge is -2.64. The van der Waals surface area contributed by atoms with E-state index in [1.165, 1.54) is 6.08 Å². The average Bonchev–Trinajstić information content (AvgIpc) is 3.11. The first-order valence-electron chi connectivity index (χ1n) is 15.6. The number of hydrogen-bond acceptors (Lipinski definition) is 7. The van der Waals surface area contributed by atoms with Crippen molar-refractivity contribution in [2.75, 3.05) is 7.11 Å². The van der Waals surface area contributed by atoms with Crippen LogP contribution < -0.4 is 9.47 Å². The molecule has 0 saturated heterocycles. The van der Waals surface area contributed by atoms with E-state index in [0.717, 1.165) is 12.0 Å². The monoisotopic (exact) mass is 598 g/mol. The number of aliphatic hydroxyl groups is 1. The van der Waals surface area contributed by atoms with E-state index < -0.39 is 29.0 Å². The van der Waals surface area contributed by atoms with Gasteiger partial charge in [-0.2, -0.15) is 0 Å². The Balaban J connectivity index is 1.25. The van der Waals surface area contributed by atoms with Gasteiger partial charge in [-0.05, 0) is 77.8 Å². The van der Waals surface area contributed by atoms with Gasteiger partial charge in [-0.25, -0.2) is 4.79 Å². The molecule has 7 heteroatoms. The number of methoxy groups -OCH3 is 1. The van der Waals surface area contributed by atoms with E-state index in [4.69, 9.17) is 14.2 Å². The quantitative estimate of drug-likeness (QED) is 0.303. The maximum absolute atomic E-state index is 14.1. The lowest BCUT2D eigenvalue weighted by atomic mass is 9.39. The molecule has 0 heterocycles. The van der Waals surface area contributed by atoms with Gasteiger partial charge in [0.1, 0.15) is 18.5 Å². The Morgan fingerprint density at radius 1 is 1.05 bits per heavy atom. The molecule has 4 aliphatic carbocycles. The molecule has 2 bridgehead atoms. The maximum atomic E-state index is 14.1. The number of fused-ring (bicyclic) bond motifs is 3. The van der Waals surface area contributed by atoms with Gasteiger partial charge in [0.2, 0.25) is 0 Å². The van der Waals surface area contributed by atoms with Crippen molar-refractivity contribution in [2.45, 2.75) is 71.7 Å². The zero-order chi connectivity index (χ0) is 31.4. The Morgan fingerprint density at radius 2 is 1.80 bits per heavy atom. The fourth-order valence-electron chi connectivity index (χ4n) is 9.24. The van der Waals surface area contributed by atoms with E-state index in [0.29, 0.717) is 54.9 Å². The third-order valence-electron chi connectivity index (χ3n) is 11.5. The molecule has 7 nitrogen and oxygen atoms in total. The van der Waals surface area contributed by atoms with Crippen LogP contribution >= 0.6 is 0 Å². The first-order chi connectivity index (χ1) is 20.9. The summed E-state index contributed by atoms with van der Waals surface area (Å²) in [5.41, 5.74) is -0.0382. The summed E-state index contributed by atoms with van der Waals surface area (Å²) in [6, 6.07) is 15.2. The molecule has 2 aromatic carbocycles. The Labute approximate surface area is 259 Å². The summed E-state index contributed by atoms with van der Waals surface area (Å²) in [6.07, 6.45) is 4.01. The molecular formula is C37H42O7. The summed E-state index contributed by atoms with van der Waals surface area (Å²) in [6.45, 7) is 10.6. The lowest BCUT2D eigenvalue weighted by molar-refractivity contribution is -0.229. The third-order valence-corrected chi connectivity index (χ3v) is 11.5. The highest BCUT2D eigenvalue weighted by Crippen LogP contribution is 2.71. The lowest BCUT2D eigenvalue weighted by Crippen LogP contribution is -2.68. The number of Topliss-reactive ketones (excluding diaryl/α,β-unsaturated/α-hetero) is 2. The number of aliphatic hydroxyl groups excluding tert-OH is 1. The topological polar surface area (TPSA) is 99.1 Å². The minimum Gasteiger partial charge on any atom is -0.493 e. The predicted molar refractivity (Wildman–Crippen MR) is 166 cm³/mol. The first-order valence-corrected chi connectivity index (χ1v) is 15.6. The van der Waals surface area contributed by atoms with E-state index in [-0.39, 0.29) is 34.7 Å². The molecule has 1 unspecified atom stereocenters. The van der Waals surface area contributed by atoms with Crippen molar-refractivity contribution in [2.24, 2.45) is 34.0 Å².